The van der Waals surface area contributed by atoms with Crippen LogP contribution in [0.15, 0.2) is 47.4 Å². The minimum absolute atomic E-state index is 0. The molecule has 0 atom stereocenters. The molecule has 7 heteroatoms. The van der Waals surface area contributed by atoms with Crippen LogP contribution in [-0.2, 0) is 16.5 Å². The van der Waals surface area contributed by atoms with E-state index in [2.05, 4.69) is 6.92 Å². The van der Waals surface area contributed by atoms with Gasteiger partial charge in [-0.15, -0.1) is 5.75 Å². The number of benzene rings is 2. The molecule has 2 aromatic carbocycles. The summed E-state index contributed by atoms with van der Waals surface area (Å²) in [5.41, 5.74) is 0.300. The van der Waals surface area contributed by atoms with Crippen LogP contribution in [0.2, 0.25) is 0 Å². The monoisotopic (exact) mass is 472 g/mol. The Morgan fingerprint density at radius 3 is 1.94 bits per heavy atom. The zero-order valence-corrected chi connectivity index (χ0v) is 22.7. The molecule has 0 spiro atoms. The Bertz CT molecular complexity index is 869. The summed E-state index contributed by atoms with van der Waals surface area (Å²) >= 11 is 0. The molecule has 0 aliphatic rings. The molecule has 0 aliphatic heterocycles. The van der Waals surface area contributed by atoms with E-state index in [0.29, 0.717) is 17.7 Å². The minimum Gasteiger partial charge on any atom is -0.872 e. The van der Waals surface area contributed by atoms with Gasteiger partial charge in [-0.3, -0.25) is 4.55 Å². The van der Waals surface area contributed by atoms with Crippen LogP contribution in [0.3, 0.4) is 0 Å². The summed E-state index contributed by atoms with van der Waals surface area (Å²) in [5.74, 6) is 0.0775. The van der Waals surface area contributed by atoms with Crippen molar-refractivity contribution < 1.29 is 74.2 Å². The minimum atomic E-state index is -4.51. The Morgan fingerprint density at radius 1 is 0.839 bits per heavy atom. The van der Waals surface area contributed by atoms with Gasteiger partial charge in [0.15, 0.2) is 5.75 Å². The molecular weight excluding hydrogens is 439 g/mol. The second-order valence-corrected chi connectivity index (χ2v) is 9.08. The van der Waals surface area contributed by atoms with Crippen LogP contribution in [0.1, 0.15) is 76.7 Å². The van der Waals surface area contributed by atoms with E-state index >= 15 is 0 Å². The molecule has 5 nitrogen and oxygen atoms in total. The van der Waals surface area contributed by atoms with Crippen molar-refractivity contribution in [3.05, 3.63) is 48.0 Å². The fourth-order valence-corrected chi connectivity index (χ4v) is 4.17. The number of hydrogen-bond acceptors (Lipinski definition) is 4. The smallest absolute Gasteiger partial charge is 0.872 e. The van der Waals surface area contributed by atoms with E-state index in [4.69, 9.17) is 4.74 Å². The van der Waals surface area contributed by atoms with E-state index in [-0.39, 0.29) is 67.8 Å². The van der Waals surface area contributed by atoms with E-state index in [1.807, 2.05) is 6.07 Å². The van der Waals surface area contributed by atoms with E-state index in [9.17, 15) is 18.1 Å². The van der Waals surface area contributed by atoms with Crippen molar-refractivity contribution in [3.63, 3.8) is 0 Å². The molecule has 0 aliphatic carbocycles. The summed E-state index contributed by atoms with van der Waals surface area (Å²) in [6, 6.07) is 11.0. The summed E-state index contributed by atoms with van der Waals surface area (Å²) in [4.78, 5) is -0.368. The van der Waals surface area contributed by atoms with Gasteiger partial charge < -0.3 is 9.84 Å². The van der Waals surface area contributed by atoms with Crippen molar-refractivity contribution in [2.24, 2.45) is 0 Å². The standard InChI is InChI=1S/C24H34O5S.K/c1-2-3-4-5-6-7-8-9-10-14-17-21-22(25)18-19-23(30(26,27)28)24(21)29-20-15-12-11-13-16-20;/h11-13,15-16,18-19,25H,2-10,14,17H2,1H3,(H,26,27,28);/q;+1/p-1. The number of ether oxygens (including phenoxy) is 1. The molecule has 2 aromatic rings. The summed E-state index contributed by atoms with van der Waals surface area (Å²) in [6.45, 7) is 2.22. The van der Waals surface area contributed by atoms with Crippen molar-refractivity contribution in [2.75, 3.05) is 0 Å². The predicted octanol–water partition coefficient (Wildman–Crippen LogP) is 3.27. The first-order valence-electron chi connectivity index (χ1n) is 11.0. The summed E-state index contributed by atoms with van der Waals surface area (Å²) in [5, 5.41) is 12.4. The third-order valence-electron chi connectivity index (χ3n) is 5.20. The summed E-state index contributed by atoms with van der Waals surface area (Å²) in [7, 11) is -4.51. The van der Waals surface area contributed by atoms with Gasteiger partial charge >= 0.3 is 51.4 Å². The maximum absolute atomic E-state index is 12.4. The second-order valence-electron chi connectivity index (χ2n) is 7.69. The molecule has 0 heterocycles. The van der Waals surface area contributed by atoms with E-state index < -0.39 is 10.1 Å². The number of hydrogen-bond donors (Lipinski definition) is 1. The molecule has 31 heavy (non-hydrogen) atoms. The third kappa shape index (κ3) is 10.4. The Kier molecular flexibility index (Phi) is 14.2. The molecule has 0 bridgehead atoms. The third-order valence-corrected chi connectivity index (χ3v) is 6.08. The first-order valence-corrected chi connectivity index (χ1v) is 12.4. The summed E-state index contributed by atoms with van der Waals surface area (Å²) < 4.78 is 39.0. The van der Waals surface area contributed by atoms with Gasteiger partial charge in [0.2, 0.25) is 0 Å². The molecular formula is C24H33KO5S. The van der Waals surface area contributed by atoms with Crippen LogP contribution in [0.5, 0.6) is 17.2 Å². The average molecular weight is 473 g/mol. The van der Waals surface area contributed by atoms with Gasteiger partial charge in [0.05, 0.1) is 0 Å². The fraction of sp³-hybridized carbons (Fsp3) is 0.500. The molecule has 2 rings (SSSR count). The molecule has 0 amide bonds. The van der Waals surface area contributed by atoms with Crippen molar-refractivity contribution in [1.82, 2.24) is 0 Å². The topological polar surface area (TPSA) is 86.7 Å². The number of unbranched alkanes of at least 4 members (excludes halogenated alkanes) is 9. The van der Waals surface area contributed by atoms with Gasteiger partial charge in [-0.25, -0.2) is 0 Å². The van der Waals surface area contributed by atoms with Crippen LogP contribution in [0, 0.1) is 0 Å². The molecule has 0 unspecified atom stereocenters. The first kappa shape index (κ1) is 28.6. The molecule has 0 fully saturated rings. The van der Waals surface area contributed by atoms with Crippen molar-refractivity contribution in [2.45, 2.75) is 82.4 Å². The predicted molar refractivity (Wildman–Crippen MR) is 118 cm³/mol. The van der Waals surface area contributed by atoms with Crippen LogP contribution in [0.25, 0.3) is 0 Å². The number of para-hydroxylation sites is 1. The van der Waals surface area contributed by atoms with Crippen molar-refractivity contribution in [3.8, 4) is 17.2 Å². The Balaban J connectivity index is 0.00000480. The van der Waals surface area contributed by atoms with Gasteiger partial charge in [-0.2, -0.15) is 8.42 Å². The van der Waals surface area contributed by atoms with Gasteiger partial charge in [-0.05, 0) is 36.6 Å². The van der Waals surface area contributed by atoms with Crippen LogP contribution in [0.4, 0.5) is 0 Å². The molecule has 1 N–H and O–H groups in total. The fourth-order valence-electron chi connectivity index (χ4n) is 3.54. The first-order chi connectivity index (χ1) is 14.4. The molecule has 0 aromatic heterocycles. The zero-order valence-electron chi connectivity index (χ0n) is 18.8. The summed E-state index contributed by atoms with van der Waals surface area (Å²) in [6.07, 6.45) is 12.1. The average Bonchev–Trinajstić information content (AvgIpc) is 2.71. The van der Waals surface area contributed by atoms with Gasteiger partial charge in [0.25, 0.3) is 10.1 Å². The molecule has 0 saturated carbocycles. The molecule has 0 radical (unpaired) electrons. The maximum atomic E-state index is 12.4. The van der Waals surface area contributed by atoms with Crippen LogP contribution < -0.4 is 61.2 Å². The number of rotatable bonds is 14. The Morgan fingerprint density at radius 2 is 1.39 bits per heavy atom. The van der Waals surface area contributed by atoms with Gasteiger partial charge in [0.1, 0.15) is 10.6 Å². The normalized spacial score (nSPS) is 11.2. The largest absolute Gasteiger partial charge is 1.00 e. The van der Waals surface area contributed by atoms with Gasteiger partial charge in [0, 0.05) is 0 Å². The Labute approximate surface area is 229 Å². The SMILES string of the molecule is CCCCCCCCCCCCc1c([O-])ccc(S(=O)(=O)O)c1Oc1ccccc1.[K+]. The van der Waals surface area contributed by atoms with Crippen molar-refractivity contribution in [1.29, 1.82) is 0 Å². The van der Waals surface area contributed by atoms with Crippen LogP contribution in [-0.4, -0.2) is 13.0 Å². The van der Waals surface area contributed by atoms with E-state index in [1.54, 1.807) is 24.3 Å². The Hall–Kier alpha value is -0.414. The van der Waals surface area contributed by atoms with Gasteiger partial charge in [-0.1, -0.05) is 89.0 Å². The van der Waals surface area contributed by atoms with Crippen LogP contribution >= 0.6 is 0 Å². The maximum Gasteiger partial charge on any atom is 1.00 e. The van der Waals surface area contributed by atoms with E-state index in [1.165, 1.54) is 51.0 Å². The van der Waals surface area contributed by atoms with E-state index in [0.717, 1.165) is 25.3 Å². The zero-order chi connectivity index (χ0) is 21.8. The molecule has 0 saturated heterocycles. The van der Waals surface area contributed by atoms with Crippen molar-refractivity contribution >= 4 is 10.1 Å². The molecule has 166 valence electrons. The quantitative estimate of drug-likeness (QED) is 0.259. The second kappa shape index (κ2) is 15.4.